The molecule has 0 amide bonds. The largest absolute Gasteiger partial charge is 0.382 e. The van der Waals surface area contributed by atoms with Gasteiger partial charge in [-0.25, -0.2) is 4.98 Å². The van der Waals surface area contributed by atoms with E-state index in [2.05, 4.69) is 38.9 Å². The maximum absolute atomic E-state index is 5.44. The van der Waals surface area contributed by atoms with E-state index in [4.69, 9.17) is 9.47 Å². The van der Waals surface area contributed by atoms with Crippen molar-refractivity contribution in [1.82, 2.24) is 15.6 Å². The Bertz CT molecular complexity index is 635. The van der Waals surface area contributed by atoms with E-state index in [1.807, 2.05) is 18.2 Å². The monoisotopic (exact) mass is 507 g/mol. The van der Waals surface area contributed by atoms with Gasteiger partial charge in [-0.3, -0.25) is 4.99 Å². The number of benzene rings is 1. The number of guanidine groups is 1. The highest BCUT2D eigenvalue weighted by Crippen LogP contribution is 2.24. The predicted molar refractivity (Wildman–Crippen MR) is 125 cm³/mol. The summed E-state index contributed by atoms with van der Waals surface area (Å²) < 4.78 is 11.6. The summed E-state index contributed by atoms with van der Waals surface area (Å²) in [5.74, 6) is 0.829. The number of halogens is 1. The van der Waals surface area contributed by atoms with Crippen LogP contribution in [0.3, 0.4) is 0 Å². The molecule has 0 fully saturated rings. The van der Waals surface area contributed by atoms with Gasteiger partial charge in [-0.2, -0.15) is 0 Å². The second-order valence-corrected chi connectivity index (χ2v) is 6.59. The van der Waals surface area contributed by atoms with Crippen molar-refractivity contribution >= 4 is 56.6 Å². The quantitative estimate of drug-likeness (QED) is 0.178. The van der Waals surface area contributed by atoms with Crippen molar-refractivity contribution in [3.63, 3.8) is 0 Å². The summed E-state index contributed by atoms with van der Waals surface area (Å²) in [7, 11) is 1.67. The maximum atomic E-state index is 5.44. The molecule has 0 radical (unpaired) electrons. The zero-order valence-corrected chi connectivity index (χ0v) is 19.1. The third-order valence-corrected chi connectivity index (χ3v) is 4.47. The van der Waals surface area contributed by atoms with E-state index in [0.29, 0.717) is 19.8 Å². The van der Waals surface area contributed by atoms with Gasteiger partial charge in [0.1, 0.15) is 0 Å². The lowest BCUT2D eigenvalue weighted by molar-refractivity contribution is 0.0702. The van der Waals surface area contributed by atoms with Gasteiger partial charge >= 0.3 is 0 Å². The molecule has 0 bridgehead atoms. The van der Waals surface area contributed by atoms with E-state index in [0.717, 1.165) is 49.2 Å². The van der Waals surface area contributed by atoms with E-state index in [1.165, 1.54) is 4.70 Å². The molecule has 0 aliphatic heterocycles. The van der Waals surface area contributed by atoms with Gasteiger partial charge in [0.15, 0.2) is 11.1 Å². The maximum Gasteiger partial charge on any atom is 0.191 e. The third kappa shape index (κ3) is 9.54. The highest BCUT2D eigenvalue weighted by atomic mass is 127. The number of fused-ring (bicyclic) bond motifs is 1. The molecule has 2 rings (SSSR count). The van der Waals surface area contributed by atoms with Gasteiger partial charge in [0.2, 0.25) is 0 Å². The fourth-order valence-corrected chi connectivity index (χ4v) is 3.13. The first-order chi connectivity index (χ1) is 12.8. The van der Waals surface area contributed by atoms with Gasteiger partial charge < -0.3 is 25.4 Å². The van der Waals surface area contributed by atoms with Crippen LogP contribution in [0.5, 0.6) is 0 Å². The smallest absolute Gasteiger partial charge is 0.191 e. The first-order valence-corrected chi connectivity index (χ1v) is 9.83. The van der Waals surface area contributed by atoms with Crippen LogP contribution in [0, 0.1) is 0 Å². The standard InChI is InChI=1S/C18H29N5O2S.HI/c1-3-19-17(20-9-6-12-25-14-13-24-2)21-10-11-22-18-23-15-7-4-5-8-16(15)26-18;/h4-5,7-8H,3,6,9-14H2,1-2H3,(H,22,23)(H2,19,20,21);1H. The lowest BCUT2D eigenvalue weighted by atomic mass is 10.3. The van der Waals surface area contributed by atoms with Crippen LogP contribution in [-0.2, 0) is 9.47 Å². The van der Waals surface area contributed by atoms with E-state index < -0.39 is 0 Å². The Balaban J connectivity index is 0.00000364. The predicted octanol–water partition coefficient (Wildman–Crippen LogP) is 2.93. The first kappa shape index (κ1) is 23.9. The van der Waals surface area contributed by atoms with Crippen molar-refractivity contribution in [3.05, 3.63) is 24.3 Å². The summed E-state index contributed by atoms with van der Waals surface area (Å²) in [5, 5.41) is 10.9. The number of methoxy groups -OCH3 is 1. The summed E-state index contributed by atoms with van der Waals surface area (Å²) >= 11 is 1.67. The van der Waals surface area contributed by atoms with Crippen molar-refractivity contribution in [2.45, 2.75) is 13.3 Å². The molecular weight excluding hydrogens is 477 g/mol. The van der Waals surface area contributed by atoms with Crippen LogP contribution in [0.15, 0.2) is 29.3 Å². The lowest BCUT2D eigenvalue weighted by Gasteiger charge is -2.11. The number of hydrogen-bond donors (Lipinski definition) is 3. The molecule has 1 aromatic carbocycles. The first-order valence-electron chi connectivity index (χ1n) is 9.01. The second-order valence-electron chi connectivity index (χ2n) is 5.56. The SMILES string of the molecule is CCNC(=NCCCOCCOC)NCCNc1nc2ccccc2s1.I. The number of rotatable bonds is 12. The molecule has 0 spiro atoms. The molecule has 0 saturated carbocycles. The second kappa shape index (κ2) is 14.8. The molecule has 0 unspecified atom stereocenters. The Morgan fingerprint density at radius 3 is 2.78 bits per heavy atom. The van der Waals surface area contributed by atoms with Gasteiger partial charge in [-0.15, -0.1) is 24.0 Å². The Morgan fingerprint density at radius 1 is 1.15 bits per heavy atom. The molecule has 27 heavy (non-hydrogen) atoms. The molecule has 2 aromatic rings. The number of nitrogens with one attached hydrogen (secondary N) is 3. The highest BCUT2D eigenvalue weighted by Gasteiger charge is 2.02. The van der Waals surface area contributed by atoms with E-state index >= 15 is 0 Å². The van der Waals surface area contributed by atoms with E-state index in [-0.39, 0.29) is 24.0 Å². The van der Waals surface area contributed by atoms with Gasteiger partial charge in [0, 0.05) is 39.9 Å². The van der Waals surface area contributed by atoms with Crippen molar-refractivity contribution in [2.24, 2.45) is 4.99 Å². The van der Waals surface area contributed by atoms with Crippen LogP contribution in [0.4, 0.5) is 5.13 Å². The van der Waals surface area contributed by atoms with Gasteiger partial charge in [0.05, 0.1) is 23.4 Å². The van der Waals surface area contributed by atoms with Crippen LogP contribution >= 0.6 is 35.3 Å². The number of hydrogen-bond acceptors (Lipinski definition) is 6. The summed E-state index contributed by atoms with van der Waals surface area (Å²) in [5.41, 5.74) is 1.04. The summed E-state index contributed by atoms with van der Waals surface area (Å²) in [6.07, 6.45) is 0.893. The Kier molecular flexibility index (Phi) is 13.1. The molecule has 0 saturated heterocycles. The fraction of sp³-hybridized carbons (Fsp3) is 0.556. The fourth-order valence-electron chi connectivity index (χ4n) is 2.24. The average molecular weight is 507 g/mol. The number of para-hydroxylation sites is 1. The van der Waals surface area contributed by atoms with Crippen molar-refractivity contribution < 1.29 is 9.47 Å². The molecule has 152 valence electrons. The number of nitrogens with zero attached hydrogens (tertiary/aromatic N) is 2. The van der Waals surface area contributed by atoms with Gasteiger partial charge in [-0.1, -0.05) is 23.5 Å². The minimum atomic E-state index is 0. The minimum absolute atomic E-state index is 0. The van der Waals surface area contributed by atoms with Crippen molar-refractivity contribution in [3.8, 4) is 0 Å². The minimum Gasteiger partial charge on any atom is -0.382 e. The third-order valence-electron chi connectivity index (χ3n) is 3.48. The van der Waals surface area contributed by atoms with Crippen LogP contribution in [0.25, 0.3) is 10.2 Å². The number of aromatic nitrogens is 1. The van der Waals surface area contributed by atoms with Crippen LogP contribution in [-0.4, -0.2) is 64.1 Å². The topological polar surface area (TPSA) is 79.8 Å². The van der Waals surface area contributed by atoms with Crippen LogP contribution in [0.1, 0.15) is 13.3 Å². The molecular formula is C18H30IN5O2S. The van der Waals surface area contributed by atoms with E-state index in [1.54, 1.807) is 18.4 Å². The number of anilines is 1. The number of ether oxygens (including phenoxy) is 2. The molecule has 1 heterocycles. The molecule has 0 aliphatic rings. The molecule has 7 nitrogen and oxygen atoms in total. The van der Waals surface area contributed by atoms with Gasteiger partial charge in [-0.05, 0) is 25.5 Å². The average Bonchev–Trinajstić information content (AvgIpc) is 3.07. The Labute approximate surface area is 182 Å². The summed E-state index contributed by atoms with van der Waals surface area (Å²) in [6, 6.07) is 8.17. The zero-order chi connectivity index (χ0) is 18.5. The van der Waals surface area contributed by atoms with Crippen LogP contribution in [0.2, 0.25) is 0 Å². The zero-order valence-electron chi connectivity index (χ0n) is 16.0. The number of thiazole rings is 1. The molecule has 9 heteroatoms. The summed E-state index contributed by atoms with van der Waals surface area (Å²) in [6.45, 7) is 7.15. The Hall–Kier alpha value is -1.17. The normalized spacial score (nSPS) is 11.3. The highest BCUT2D eigenvalue weighted by molar-refractivity contribution is 14.0. The van der Waals surface area contributed by atoms with E-state index in [9.17, 15) is 0 Å². The molecule has 0 aliphatic carbocycles. The van der Waals surface area contributed by atoms with Crippen molar-refractivity contribution in [2.75, 3.05) is 58.4 Å². The lowest BCUT2D eigenvalue weighted by Crippen LogP contribution is -2.39. The van der Waals surface area contributed by atoms with Crippen molar-refractivity contribution in [1.29, 1.82) is 0 Å². The molecule has 3 N–H and O–H groups in total. The molecule has 1 aromatic heterocycles. The number of aliphatic imine (C=N–C) groups is 1. The Morgan fingerprint density at radius 2 is 2.00 bits per heavy atom. The van der Waals surface area contributed by atoms with Gasteiger partial charge in [0.25, 0.3) is 0 Å². The molecule has 0 atom stereocenters. The summed E-state index contributed by atoms with van der Waals surface area (Å²) in [4.78, 5) is 9.12. The van der Waals surface area contributed by atoms with Crippen LogP contribution < -0.4 is 16.0 Å².